The van der Waals surface area contributed by atoms with Crippen LogP contribution in [0.5, 0.6) is 0 Å². The lowest BCUT2D eigenvalue weighted by molar-refractivity contribution is -0.123. The van der Waals surface area contributed by atoms with Gasteiger partial charge in [-0.15, -0.1) is 0 Å². The number of aromatic amines is 2. The van der Waals surface area contributed by atoms with Gasteiger partial charge in [0.1, 0.15) is 11.6 Å². The van der Waals surface area contributed by atoms with Gasteiger partial charge in [0.15, 0.2) is 6.10 Å². The molecule has 2 aromatic heterocycles. The van der Waals surface area contributed by atoms with E-state index in [-0.39, 0.29) is 17.3 Å². The van der Waals surface area contributed by atoms with Gasteiger partial charge in [0, 0.05) is 11.3 Å². The minimum atomic E-state index is -1.10. The highest BCUT2D eigenvalue weighted by atomic mass is 19.1. The molecule has 152 valence electrons. The van der Waals surface area contributed by atoms with Gasteiger partial charge in [0.25, 0.3) is 5.91 Å². The van der Waals surface area contributed by atoms with E-state index in [9.17, 15) is 18.8 Å². The van der Waals surface area contributed by atoms with Crippen LogP contribution in [0.3, 0.4) is 0 Å². The van der Waals surface area contributed by atoms with Gasteiger partial charge in [-0.3, -0.25) is 4.79 Å². The number of benzene rings is 2. The number of anilines is 1. The van der Waals surface area contributed by atoms with Crippen molar-refractivity contribution in [3.8, 4) is 11.3 Å². The maximum Gasteiger partial charge on any atom is 0.375 e. The molecule has 0 bridgehead atoms. The lowest BCUT2D eigenvalue weighted by atomic mass is 10.2. The number of fused-ring (bicyclic) bond motifs is 1. The van der Waals surface area contributed by atoms with Crippen molar-refractivity contribution in [2.45, 2.75) is 13.0 Å². The monoisotopic (exact) mass is 409 g/mol. The van der Waals surface area contributed by atoms with Crippen LogP contribution in [0.1, 0.15) is 17.5 Å². The number of nitrogens with one attached hydrogen (secondary N) is 3. The van der Waals surface area contributed by atoms with Crippen molar-refractivity contribution in [3.05, 3.63) is 76.7 Å². The Hall–Kier alpha value is -4.14. The Labute approximate surface area is 168 Å². The minimum absolute atomic E-state index is 0.0831. The Balaban J connectivity index is 1.40. The van der Waals surface area contributed by atoms with E-state index in [0.717, 1.165) is 0 Å². The fourth-order valence-corrected chi connectivity index (χ4v) is 2.84. The summed E-state index contributed by atoms with van der Waals surface area (Å²) < 4.78 is 23.6. The second-order valence-corrected chi connectivity index (χ2v) is 6.55. The first-order valence-corrected chi connectivity index (χ1v) is 8.99. The van der Waals surface area contributed by atoms with Gasteiger partial charge in [-0.25, -0.2) is 14.0 Å². The van der Waals surface area contributed by atoms with Crippen LogP contribution >= 0.6 is 0 Å². The number of carbonyl (C=O) groups is 2. The average Bonchev–Trinajstić information content (AvgIpc) is 3.34. The minimum Gasteiger partial charge on any atom is -0.449 e. The second kappa shape index (κ2) is 7.70. The number of halogens is 1. The zero-order chi connectivity index (χ0) is 21.3. The Morgan fingerprint density at radius 2 is 1.77 bits per heavy atom. The van der Waals surface area contributed by atoms with E-state index in [2.05, 4.69) is 15.3 Å². The average molecular weight is 409 g/mol. The first kappa shape index (κ1) is 19.2. The van der Waals surface area contributed by atoms with Crippen molar-refractivity contribution in [2.24, 2.45) is 0 Å². The predicted molar refractivity (Wildman–Crippen MR) is 107 cm³/mol. The Morgan fingerprint density at radius 3 is 2.53 bits per heavy atom. The normalized spacial score (nSPS) is 11.9. The van der Waals surface area contributed by atoms with E-state index in [1.807, 2.05) is 0 Å². The molecule has 0 radical (unpaired) electrons. The van der Waals surface area contributed by atoms with E-state index in [4.69, 9.17) is 9.15 Å². The maximum atomic E-state index is 13.0. The topological polar surface area (TPSA) is 117 Å². The van der Waals surface area contributed by atoms with Crippen LogP contribution in [0.2, 0.25) is 0 Å². The van der Waals surface area contributed by atoms with E-state index in [1.54, 1.807) is 24.3 Å². The third kappa shape index (κ3) is 4.00. The molecule has 2 aromatic carbocycles. The third-order valence-corrected chi connectivity index (χ3v) is 4.37. The van der Waals surface area contributed by atoms with Crippen LogP contribution in [0.4, 0.5) is 10.1 Å². The van der Waals surface area contributed by atoms with Gasteiger partial charge >= 0.3 is 11.7 Å². The zero-order valence-corrected chi connectivity index (χ0v) is 15.7. The number of imidazole rings is 1. The summed E-state index contributed by atoms with van der Waals surface area (Å²) in [6.07, 6.45) is -1.10. The first-order chi connectivity index (χ1) is 14.4. The lowest BCUT2D eigenvalue weighted by Crippen LogP contribution is -2.29. The molecule has 0 spiro atoms. The number of H-pyrrole nitrogens is 2. The number of aromatic nitrogens is 2. The smallest absolute Gasteiger partial charge is 0.375 e. The Morgan fingerprint density at radius 1 is 1.03 bits per heavy atom. The lowest BCUT2D eigenvalue weighted by Gasteiger charge is -2.12. The molecule has 0 unspecified atom stereocenters. The molecule has 1 atom stereocenters. The van der Waals surface area contributed by atoms with Gasteiger partial charge < -0.3 is 24.4 Å². The summed E-state index contributed by atoms with van der Waals surface area (Å²) in [6.45, 7) is 1.42. The molecule has 9 heteroatoms. The summed E-state index contributed by atoms with van der Waals surface area (Å²) >= 11 is 0. The number of hydrogen-bond acceptors (Lipinski definition) is 5. The molecule has 1 amide bonds. The number of amides is 1. The number of carbonyl (C=O) groups excluding carboxylic acids is 2. The third-order valence-electron chi connectivity index (χ3n) is 4.37. The van der Waals surface area contributed by atoms with Gasteiger partial charge in [0.2, 0.25) is 5.76 Å². The summed E-state index contributed by atoms with van der Waals surface area (Å²) in [5.41, 5.74) is 1.81. The van der Waals surface area contributed by atoms with Crippen LogP contribution in [-0.4, -0.2) is 27.9 Å². The maximum absolute atomic E-state index is 13.0. The summed E-state index contributed by atoms with van der Waals surface area (Å²) in [5, 5.41) is 2.62. The molecule has 0 fully saturated rings. The van der Waals surface area contributed by atoms with Crippen LogP contribution in [-0.2, 0) is 9.53 Å². The molecule has 4 rings (SSSR count). The summed E-state index contributed by atoms with van der Waals surface area (Å²) in [5.74, 6) is -1.46. The summed E-state index contributed by atoms with van der Waals surface area (Å²) in [7, 11) is 0. The van der Waals surface area contributed by atoms with Gasteiger partial charge in [-0.1, -0.05) is 0 Å². The van der Waals surface area contributed by atoms with E-state index < -0.39 is 18.0 Å². The molecule has 3 N–H and O–H groups in total. The number of ether oxygens (including phenoxy) is 1. The zero-order valence-electron chi connectivity index (χ0n) is 15.7. The standard InChI is InChI=1S/C21H16FN3O5/c1-11(19(26)23-14-6-7-15-16(10-14)25-21(28)24-15)29-20(27)18-9-8-17(30-18)12-2-4-13(22)5-3-12/h2-11H,1H3,(H,23,26)(H2,24,25,28)/t11-/m0/s1. The summed E-state index contributed by atoms with van der Waals surface area (Å²) in [6, 6.07) is 13.4. The van der Waals surface area contributed by atoms with Crippen molar-refractivity contribution in [1.82, 2.24) is 9.97 Å². The Kier molecular flexibility index (Phi) is 4.93. The molecular formula is C21H16FN3O5. The fraction of sp³-hybridized carbons (Fsp3) is 0.0952. The van der Waals surface area contributed by atoms with Gasteiger partial charge in [0.05, 0.1) is 11.0 Å². The number of furan rings is 1. The van der Waals surface area contributed by atoms with Gasteiger partial charge in [-0.2, -0.15) is 0 Å². The molecule has 0 aliphatic rings. The van der Waals surface area contributed by atoms with E-state index in [1.165, 1.54) is 37.3 Å². The van der Waals surface area contributed by atoms with Crippen molar-refractivity contribution in [2.75, 3.05) is 5.32 Å². The fourth-order valence-electron chi connectivity index (χ4n) is 2.84. The highest BCUT2D eigenvalue weighted by Crippen LogP contribution is 2.23. The molecule has 30 heavy (non-hydrogen) atoms. The van der Waals surface area contributed by atoms with Crippen molar-refractivity contribution in [3.63, 3.8) is 0 Å². The largest absolute Gasteiger partial charge is 0.449 e. The van der Waals surface area contributed by atoms with Crippen molar-refractivity contribution >= 4 is 28.6 Å². The van der Waals surface area contributed by atoms with Crippen LogP contribution in [0.25, 0.3) is 22.4 Å². The molecule has 0 saturated carbocycles. The molecule has 2 heterocycles. The molecular weight excluding hydrogens is 393 g/mol. The first-order valence-electron chi connectivity index (χ1n) is 8.99. The van der Waals surface area contributed by atoms with Crippen LogP contribution in [0.15, 0.2) is 63.8 Å². The molecule has 0 saturated heterocycles. The van der Waals surface area contributed by atoms with Crippen molar-refractivity contribution < 1.29 is 23.1 Å². The quantitative estimate of drug-likeness (QED) is 0.437. The second-order valence-electron chi connectivity index (χ2n) is 6.55. The molecule has 0 aliphatic heterocycles. The SMILES string of the molecule is C[C@H](OC(=O)c1ccc(-c2ccc(F)cc2)o1)C(=O)Nc1ccc2[nH]c(=O)[nH]c2c1. The van der Waals surface area contributed by atoms with Crippen LogP contribution in [0, 0.1) is 5.82 Å². The highest BCUT2D eigenvalue weighted by molar-refractivity contribution is 5.97. The molecule has 0 aliphatic carbocycles. The Bertz CT molecular complexity index is 1290. The van der Waals surface area contributed by atoms with E-state index in [0.29, 0.717) is 28.0 Å². The molecule has 4 aromatic rings. The molecule has 8 nitrogen and oxygen atoms in total. The number of hydrogen-bond donors (Lipinski definition) is 3. The number of esters is 1. The number of rotatable bonds is 5. The van der Waals surface area contributed by atoms with Crippen molar-refractivity contribution in [1.29, 1.82) is 0 Å². The van der Waals surface area contributed by atoms with Crippen LogP contribution < -0.4 is 11.0 Å². The highest BCUT2D eigenvalue weighted by Gasteiger charge is 2.22. The van der Waals surface area contributed by atoms with Gasteiger partial charge in [-0.05, 0) is 61.5 Å². The van der Waals surface area contributed by atoms with E-state index >= 15 is 0 Å². The summed E-state index contributed by atoms with van der Waals surface area (Å²) in [4.78, 5) is 41.1. The predicted octanol–water partition coefficient (Wildman–Crippen LogP) is 3.44.